The Balaban J connectivity index is 2.29. The third kappa shape index (κ3) is 3.65. The monoisotopic (exact) mass is 385 g/mol. The van der Waals surface area contributed by atoms with Gasteiger partial charge in [-0.2, -0.15) is 0 Å². The van der Waals surface area contributed by atoms with E-state index in [-0.39, 0.29) is 11.7 Å². The van der Waals surface area contributed by atoms with Gasteiger partial charge in [0.15, 0.2) is 0 Å². The molecule has 0 radical (unpaired) electrons. The Bertz CT molecular complexity index is 572. The summed E-state index contributed by atoms with van der Waals surface area (Å²) in [4.78, 5) is 0. The lowest BCUT2D eigenvalue weighted by Gasteiger charge is -2.18. The summed E-state index contributed by atoms with van der Waals surface area (Å²) >= 11 is 7.00. The highest BCUT2D eigenvalue weighted by molar-refractivity contribution is 9.10. The molecule has 0 aliphatic heterocycles. The van der Waals surface area contributed by atoms with Crippen LogP contribution in [0, 0.1) is 5.82 Å². The summed E-state index contributed by atoms with van der Waals surface area (Å²) in [6.07, 6.45) is 0.706. The second-order valence-electron chi connectivity index (χ2n) is 4.39. The molecule has 19 heavy (non-hydrogen) atoms. The number of benzene rings is 2. The minimum absolute atomic E-state index is 0.161. The summed E-state index contributed by atoms with van der Waals surface area (Å²) in [6, 6.07) is 12.8. The lowest BCUT2D eigenvalue weighted by atomic mass is 9.92. The van der Waals surface area contributed by atoms with Gasteiger partial charge in [0.25, 0.3) is 0 Å². The number of rotatable bonds is 4. The van der Waals surface area contributed by atoms with Crippen molar-refractivity contribution in [1.29, 1.82) is 0 Å². The van der Waals surface area contributed by atoms with Crippen LogP contribution in [0.4, 0.5) is 4.39 Å². The van der Waals surface area contributed by atoms with Crippen LogP contribution in [0.2, 0.25) is 0 Å². The topological polar surface area (TPSA) is 26.0 Å². The molecule has 0 aliphatic carbocycles. The minimum atomic E-state index is -0.221. The van der Waals surface area contributed by atoms with E-state index in [0.717, 1.165) is 20.1 Å². The van der Waals surface area contributed by atoms with E-state index in [1.54, 1.807) is 12.1 Å². The van der Waals surface area contributed by atoms with E-state index in [4.69, 9.17) is 5.73 Å². The zero-order valence-electron chi connectivity index (χ0n) is 10.2. The van der Waals surface area contributed by atoms with Gasteiger partial charge in [-0.1, -0.05) is 50.1 Å². The zero-order chi connectivity index (χ0) is 13.8. The molecule has 0 aliphatic rings. The Morgan fingerprint density at radius 3 is 2.47 bits per heavy atom. The van der Waals surface area contributed by atoms with Crippen molar-refractivity contribution in [1.82, 2.24) is 0 Å². The molecule has 0 amide bonds. The number of hydrogen-bond donors (Lipinski definition) is 1. The molecule has 0 saturated carbocycles. The summed E-state index contributed by atoms with van der Waals surface area (Å²) in [7, 11) is 0. The van der Waals surface area contributed by atoms with Crippen LogP contribution in [0.25, 0.3) is 0 Å². The number of nitrogens with two attached hydrogens (primary N) is 1. The van der Waals surface area contributed by atoms with Crippen molar-refractivity contribution >= 4 is 31.9 Å². The molecule has 1 nitrogen and oxygen atoms in total. The Kier molecular flexibility index (Phi) is 5.13. The first kappa shape index (κ1) is 14.7. The van der Waals surface area contributed by atoms with Crippen molar-refractivity contribution in [3.63, 3.8) is 0 Å². The Morgan fingerprint density at radius 2 is 1.79 bits per heavy atom. The van der Waals surface area contributed by atoms with Gasteiger partial charge in [0.1, 0.15) is 5.82 Å². The lowest BCUT2D eigenvalue weighted by molar-refractivity contribution is 0.620. The maximum atomic E-state index is 13.3. The first-order valence-electron chi connectivity index (χ1n) is 6.00. The van der Waals surface area contributed by atoms with Gasteiger partial charge in [0.05, 0.1) is 0 Å². The van der Waals surface area contributed by atoms with E-state index in [1.807, 2.05) is 18.2 Å². The van der Waals surface area contributed by atoms with Crippen LogP contribution < -0.4 is 5.73 Å². The van der Waals surface area contributed by atoms with Gasteiger partial charge >= 0.3 is 0 Å². The summed E-state index contributed by atoms with van der Waals surface area (Å²) in [5.74, 6) is -0.0604. The van der Waals surface area contributed by atoms with Crippen molar-refractivity contribution in [2.75, 3.05) is 6.54 Å². The second kappa shape index (κ2) is 6.64. The molecule has 0 aromatic heterocycles. The normalized spacial score (nSPS) is 12.4. The second-order valence-corrected chi connectivity index (χ2v) is 6.10. The molecular formula is C15H14Br2FN. The fraction of sp³-hybridized carbons (Fsp3) is 0.200. The molecule has 0 bridgehead atoms. The summed E-state index contributed by atoms with van der Waals surface area (Å²) in [5.41, 5.74) is 7.97. The van der Waals surface area contributed by atoms with Gasteiger partial charge in [-0.15, -0.1) is 0 Å². The van der Waals surface area contributed by atoms with Gasteiger partial charge in [-0.05, 0) is 48.4 Å². The average Bonchev–Trinajstić information content (AvgIpc) is 2.41. The molecule has 0 saturated heterocycles. The predicted octanol–water partition coefficient (Wildman–Crippen LogP) is 4.64. The lowest BCUT2D eigenvalue weighted by Crippen LogP contribution is -2.16. The first-order valence-corrected chi connectivity index (χ1v) is 7.59. The maximum absolute atomic E-state index is 13.3. The van der Waals surface area contributed by atoms with Crippen LogP contribution in [0.5, 0.6) is 0 Å². The molecule has 2 aromatic rings. The molecular weight excluding hydrogens is 373 g/mol. The van der Waals surface area contributed by atoms with Gasteiger partial charge < -0.3 is 5.73 Å². The predicted molar refractivity (Wildman–Crippen MR) is 83.7 cm³/mol. The third-order valence-electron chi connectivity index (χ3n) is 3.10. The van der Waals surface area contributed by atoms with Crippen molar-refractivity contribution < 1.29 is 4.39 Å². The Hall–Kier alpha value is -0.710. The molecule has 2 rings (SSSR count). The molecule has 0 fully saturated rings. The molecule has 100 valence electrons. The van der Waals surface area contributed by atoms with Gasteiger partial charge in [0.2, 0.25) is 0 Å². The summed E-state index contributed by atoms with van der Waals surface area (Å²) in [5, 5.41) is 0. The first-order chi connectivity index (χ1) is 9.11. The SMILES string of the molecule is NCC(Cc1cc(F)ccc1Br)c1ccccc1Br. The third-order valence-corrected chi connectivity index (χ3v) is 4.60. The molecule has 2 N–H and O–H groups in total. The van der Waals surface area contributed by atoms with Crippen molar-refractivity contribution in [2.45, 2.75) is 12.3 Å². The minimum Gasteiger partial charge on any atom is -0.330 e. The van der Waals surface area contributed by atoms with E-state index in [1.165, 1.54) is 6.07 Å². The molecule has 1 atom stereocenters. The van der Waals surface area contributed by atoms with E-state index < -0.39 is 0 Å². The highest BCUT2D eigenvalue weighted by Crippen LogP contribution is 2.29. The highest BCUT2D eigenvalue weighted by atomic mass is 79.9. The fourth-order valence-electron chi connectivity index (χ4n) is 2.09. The van der Waals surface area contributed by atoms with Gasteiger partial charge in [-0.25, -0.2) is 4.39 Å². The molecule has 1 unspecified atom stereocenters. The summed E-state index contributed by atoms with van der Waals surface area (Å²) in [6.45, 7) is 0.519. The standard InChI is InChI=1S/C15H14Br2FN/c16-14-6-5-12(18)8-10(14)7-11(9-19)13-3-1-2-4-15(13)17/h1-6,8,11H,7,9,19H2. The van der Waals surface area contributed by atoms with Crippen LogP contribution in [-0.2, 0) is 6.42 Å². The van der Waals surface area contributed by atoms with Gasteiger partial charge in [0, 0.05) is 14.9 Å². The largest absolute Gasteiger partial charge is 0.330 e. The molecule has 0 spiro atoms. The van der Waals surface area contributed by atoms with E-state index in [9.17, 15) is 4.39 Å². The smallest absolute Gasteiger partial charge is 0.123 e. The van der Waals surface area contributed by atoms with Crippen LogP contribution in [0.3, 0.4) is 0 Å². The maximum Gasteiger partial charge on any atom is 0.123 e. The van der Waals surface area contributed by atoms with Crippen molar-refractivity contribution in [3.05, 3.63) is 68.4 Å². The van der Waals surface area contributed by atoms with Crippen LogP contribution in [-0.4, -0.2) is 6.54 Å². The average molecular weight is 387 g/mol. The molecule has 0 heterocycles. The van der Waals surface area contributed by atoms with Crippen LogP contribution in [0.15, 0.2) is 51.4 Å². The quantitative estimate of drug-likeness (QED) is 0.813. The van der Waals surface area contributed by atoms with Crippen LogP contribution in [0.1, 0.15) is 17.0 Å². The number of hydrogen-bond acceptors (Lipinski definition) is 1. The van der Waals surface area contributed by atoms with Crippen LogP contribution >= 0.6 is 31.9 Å². The molecule has 4 heteroatoms. The number of halogens is 3. The Morgan fingerprint density at radius 1 is 1.05 bits per heavy atom. The highest BCUT2D eigenvalue weighted by Gasteiger charge is 2.15. The van der Waals surface area contributed by atoms with Crippen molar-refractivity contribution in [2.24, 2.45) is 5.73 Å². The Labute approximate surface area is 129 Å². The van der Waals surface area contributed by atoms with E-state index in [0.29, 0.717) is 13.0 Å². The van der Waals surface area contributed by atoms with E-state index in [2.05, 4.69) is 37.9 Å². The zero-order valence-corrected chi connectivity index (χ0v) is 13.4. The van der Waals surface area contributed by atoms with E-state index >= 15 is 0 Å². The fourth-order valence-corrected chi connectivity index (χ4v) is 3.11. The van der Waals surface area contributed by atoms with Crippen molar-refractivity contribution in [3.8, 4) is 0 Å². The van der Waals surface area contributed by atoms with Gasteiger partial charge in [-0.3, -0.25) is 0 Å². The molecule has 2 aromatic carbocycles. The summed E-state index contributed by atoms with van der Waals surface area (Å²) < 4.78 is 15.3.